The molecule has 252 valence electrons. The smallest absolute Gasteiger partial charge is 0.319 e. The molecule has 0 saturated carbocycles. The summed E-state index contributed by atoms with van der Waals surface area (Å²) in [7, 11) is 0. The Morgan fingerprint density at radius 1 is 1.06 bits per heavy atom. The lowest BCUT2D eigenvalue weighted by Crippen LogP contribution is -2.60. The summed E-state index contributed by atoms with van der Waals surface area (Å²) in [6.45, 7) is 6.06. The minimum Gasteiger partial charge on any atom is -0.508 e. The highest BCUT2D eigenvalue weighted by Gasteiger charge is 2.45. The van der Waals surface area contributed by atoms with Crippen molar-refractivity contribution in [1.82, 2.24) is 25.2 Å². The molecule has 3 unspecified atom stereocenters. The second-order valence-electron chi connectivity index (χ2n) is 12.8. The van der Waals surface area contributed by atoms with Crippen LogP contribution in [0.5, 0.6) is 11.8 Å². The number of hydrogen-bond acceptors (Lipinski definition) is 8. The molecule has 8 nitrogen and oxygen atoms in total. The number of terminal acetylenes is 1. The first-order valence-electron chi connectivity index (χ1n) is 16.8. The van der Waals surface area contributed by atoms with Crippen molar-refractivity contribution < 1.29 is 27.4 Å². The molecule has 4 aromatic rings. The number of phenolic OH excluding ortho intramolecular Hbond substituents is 1. The summed E-state index contributed by atoms with van der Waals surface area (Å²) in [6.07, 6.45) is 7.53. The number of nitrogens with zero attached hydrogens (tertiary/aromatic N) is 5. The predicted molar refractivity (Wildman–Crippen MR) is 176 cm³/mol. The maximum Gasteiger partial charge on any atom is 0.319 e. The van der Waals surface area contributed by atoms with E-state index in [0.29, 0.717) is 36.9 Å². The van der Waals surface area contributed by atoms with Gasteiger partial charge in [-0.2, -0.15) is 9.97 Å². The fourth-order valence-electron chi connectivity index (χ4n) is 8.08. The molecule has 3 saturated heterocycles. The third-order valence-electron chi connectivity index (χ3n) is 10.2. The molecule has 0 radical (unpaired) electrons. The van der Waals surface area contributed by atoms with Crippen LogP contribution in [0.3, 0.4) is 0 Å². The van der Waals surface area contributed by atoms with E-state index in [0.717, 1.165) is 38.8 Å². The Morgan fingerprint density at radius 3 is 2.58 bits per heavy atom. The number of aromatic nitrogens is 3. The molecule has 3 atom stereocenters. The Balaban J connectivity index is 0.00000179. The van der Waals surface area contributed by atoms with Gasteiger partial charge in [0.1, 0.15) is 35.2 Å². The van der Waals surface area contributed by atoms with E-state index in [1.54, 1.807) is 0 Å². The van der Waals surface area contributed by atoms with Gasteiger partial charge in [-0.05, 0) is 81.6 Å². The summed E-state index contributed by atoms with van der Waals surface area (Å²) in [5.74, 6) is 0.801. The Hall–Kier alpha value is -4.21. The lowest BCUT2D eigenvalue weighted by molar-refractivity contribution is 0.102. The molecule has 4 aliphatic rings. The predicted octanol–water partition coefficient (Wildman–Crippen LogP) is 6.55. The first-order chi connectivity index (χ1) is 23.3. The second kappa shape index (κ2) is 12.7. The monoisotopic (exact) mass is 662 g/mol. The quantitative estimate of drug-likeness (QED) is 0.145. The molecular formula is C36H38F4N6O2. The van der Waals surface area contributed by atoms with Crippen molar-refractivity contribution in [1.29, 1.82) is 0 Å². The van der Waals surface area contributed by atoms with Crippen LogP contribution >= 0.6 is 0 Å². The molecule has 2 aromatic heterocycles. The SMILES string of the molecule is C#Cc1c(F)ccc2cc(O)cc(-c3nc4c5c(nc(OCC67CCCN6CCC7)nc5c3F)N3CC(F)NC(F)C3CCC4)c12.CC. The van der Waals surface area contributed by atoms with Crippen molar-refractivity contribution in [3.05, 3.63) is 47.2 Å². The van der Waals surface area contributed by atoms with Crippen LogP contribution in [-0.4, -0.2) is 75.4 Å². The van der Waals surface area contributed by atoms with E-state index in [4.69, 9.17) is 21.1 Å². The van der Waals surface area contributed by atoms with Crippen LogP contribution in [-0.2, 0) is 6.42 Å². The Kier molecular flexibility index (Phi) is 8.54. The average Bonchev–Trinajstić information content (AvgIpc) is 3.66. The molecule has 2 aromatic carbocycles. The maximum atomic E-state index is 17.0. The van der Waals surface area contributed by atoms with Gasteiger partial charge in [0.2, 0.25) is 0 Å². The van der Waals surface area contributed by atoms with Gasteiger partial charge in [-0.25, -0.2) is 22.5 Å². The van der Waals surface area contributed by atoms with E-state index in [1.807, 2.05) is 13.8 Å². The molecular weight excluding hydrogens is 624 g/mol. The van der Waals surface area contributed by atoms with Crippen LogP contribution < -0.4 is 15.0 Å². The minimum atomic E-state index is -1.68. The number of piperazine rings is 1. The van der Waals surface area contributed by atoms with E-state index in [1.165, 1.54) is 29.2 Å². The number of halogens is 4. The number of aryl methyl sites for hydroxylation is 1. The number of fused-ring (bicyclic) bond motifs is 4. The second-order valence-corrected chi connectivity index (χ2v) is 12.8. The lowest BCUT2D eigenvalue weighted by atomic mass is 9.94. The summed E-state index contributed by atoms with van der Waals surface area (Å²) in [5.41, 5.74) is -0.0376. The summed E-state index contributed by atoms with van der Waals surface area (Å²) in [4.78, 5) is 17.9. The van der Waals surface area contributed by atoms with Gasteiger partial charge in [-0.15, -0.1) is 6.42 Å². The van der Waals surface area contributed by atoms with Gasteiger partial charge in [0.05, 0.1) is 34.8 Å². The zero-order valence-corrected chi connectivity index (χ0v) is 27.0. The third-order valence-corrected chi connectivity index (χ3v) is 10.2. The van der Waals surface area contributed by atoms with Crippen LogP contribution in [0.1, 0.15) is 63.6 Å². The molecule has 0 spiro atoms. The van der Waals surface area contributed by atoms with Crippen molar-refractivity contribution >= 4 is 27.5 Å². The molecule has 4 aliphatic heterocycles. The number of benzene rings is 2. The zero-order chi connectivity index (χ0) is 33.7. The highest BCUT2D eigenvalue weighted by atomic mass is 19.2. The highest BCUT2D eigenvalue weighted by molar-refractivity contribution is 6.03. The fourth-order valence-corrected chi connectivity index (χ4v) is 8.08. The van der Waals surface area contributed by atoms with E-state index < -0.39 is 30.3 Å². The molecule has 0 amide bonds. The van der Waals surface area contributed by atoms with E-state index in [2.05, 4.69) is 21.1 Å². The van der Waals surface area contributed by atoms with Crippen molar-refractivity contribution in [3.8, 4) is 35.4 Å². The molecule has 8 rings (SSSR count). The van der Waals surface area contributed by atoms with Gasteiger partial charge < -0.3 is 14.7 Å². The number of ether oxygens (including phenoxy) is 1. The van der Waals surface area contributed by atoms with E-state index in [-0.39, 0.29) is 62.8 Å². The number of nitrogens with one attached hydrogen (secondary N) is 1. The Morgan fingerprint density at radius 2 is 1.83 bits per heavy atom. The number of aromatic hydroxyl groups is 1. The van der Waals surface area contributed by atoms with Gasteiger partial charge >= 0.3 is 6.01 Å². The van der Waals surface area contributed by atoms with E-state index in [9.17, 15) is 13.9 Å². The molecule has 0 aliphatic carbocycles. The van der Waals surface area contributed by atoms with Crippen LogP contribution in [0.15, 0.2) is 24.3 Å². The largest absolute Gasteiger partial charge is 0.508 e. The fraction of sp³-hybridized carbons (Fsp3) is 0.472. The van der Waals surface area contributed by atoms with Gasteiger partial charge in [-0.3, -0.25) is 10.2 Å². The third kappa shape index (κ3) is 5.28. The molecule has 6 heterocycles. The Labute approximate surface area is 276 Å². The van der Waals surface area contributed by atoms with Crippen molar-refractivity contribution in [2.24, 2.45) is 0 Å². The summed E-state index contributed by atoms with van der Waals surface area (Å²) in [5, 5.41) is 13.8. The van der Waals surface area contributed by atoms with Crippen molar-refractivity contribution in [3.63, 3.8) is 0 Å². The highest BCUT2D eigenvalue weighted by Crippen LogP contribution is 2.43. The lowest BCUT2D eigenvalue weighted by Gasteiger charge is -2.42. The standard InChI is InChI=1S/C34H32F4N6O2.C2H6/c1-2-20-22(35)9-8-18-14-19(45)15-21(26(18)20)29-28(37)30-27-23(39-29)6-3-7-24-31(38)40-25(36)16-44(24)32(27)42-33(41-30)46-17-34-10-4-12-43(34)13-5-11-34;1-2/h1,8-9,14-15,24-25,31,40,45H,3-7,10-13,16-17H2;1-2H3. The maximum absolute atomic E-state index is 17.0. The first kappa shape index (κ1) is 32.3. The normalized spacial score (nSPS) is 23.1. The Bertz CT molecular complexity index is 1920. The number of pyridine rings is 1. The molecule has 3 fully saturated rings. The summed E-state index contributed by atoms with van der Waals surface area (Å²) in [6, 6.07) is 4.53. The number of phenols is 1. The molecule has 0 bridgehead atoms. The van der Waals surface area contributed by atoms with Crippen LogP contribution in [0.25, 0.3) is 32.9 Å². The number of rotatable bonds is 4. The molecule has 48 heavy (non-hydrogen) atoms. The van der Waals surface area contributed by atoms with Crippen LogP contribution in [0.4, 0.5) is 23.4 Å². The molecule has 2 N–H and O–H groups in total. The van der Waals surface area contributed by atoms with Crippen LogP contribution in [0.2, 0.25) is 0 Å². The van der Waals surface area contributed by atoms with Crippen molar-refractivity contribution in [2.75, 3.05) is 31.1 Å². The van der Waals surface area contributed by atoms with Crippen molar-refractivity contribution in [2.45, 2.75) is 83.0 Å². The van der Waals surface area contributed by atoms with Gasteiger partial charge in [0, 0.05) is 10.9 Å². The average molecular weight is 663 g/mol. The van der Waals surface area contributed by atoms with Gasteiger partial charge in [0.25, 0.3) is 0 Å². The molecule has 12 heteroatoms. The zero-order valence-electron chi connectivity index (χ0n) is 27.0. The van der Waals surface area contributed by atoms with Crippen LogP contribution in [0, 0.1) is 24.0 Å². The van der Waals surface area contributed by atoms with Gasteiger partial charge in [0.15, 0.2) is 18.4 Å². The summed E-state index contributed by atoms with van der Waals surface area (Å²) < 4.78 is 68.3. The number of anilines is 1. The number of hydrogen-bond donors (Lipinski definition) is 2. The van der Waals surface area contributed by atoms with Gasteiger partial charge in [-0.1, -0.05) is 25.8 Å². The van der Waals surface area contributed by atoms with E-state index >= 15 is 8.78 Å². The first-order valence-corrected chi connectivity index (χ1v) is 16.8. The minimum absolute atomic E-state index is 0.0903. The summed E-state index contributed by atoms with van der Waals surface area (Å²) >= 11 is 0. The topological polar surface area (TPSA) is 86.6 Å². The number of alkyl halides is 2.